The molecule has 1 aliphatic heterocycles. The van der Waals surface area contributed by atoms with E-state index < -0.39 is 0 Å². The van der Waals surface area contributed by atoms with E-state index in [1.807, 2.05) is 6.92 Å². The maximum atomic E-state index is 12.1. The van der Waals surface area contributed by atoms with E-state index in [1.54, 1.807) is 29.2 Å². The van der Waals surface area contributed by atoms with Gasteiger partial charge in [0.1, 0.15) is 5.75 Å². The van der Waals surface area contributed by atoms with E-state index in [0.29, 0.717) is 12.2 Å². The molecule has 1 aromatic carbocycles. The average Bonchev–Trinajstić information content (AvgIpc) is 3.17. The van der Waals surface area contributed by atoms with Crippen molar-refractivity contribution in [3.05, 3.63) is 29.8 Å². The van der Waals surface area contributed by atoms with Crippen molar-refractivity contribution in [1.29, 1.82) is 0 Å². The van der Waals surface area contributed by atoms with Crippen LogP contribution in [0.5, 0.6) is 5.75 Å². The lowest BCUT2D eigenvalue weighted by molar-refractivity contribution is -0.132. The van der Waals surface area contributed by atoms with Crippen LogP contribution >= 0.6 is 0 Å². The zero-order valence-electron chi connectivity index (χ0n) is 14.8. The van der Waals surface area contributed by atoms with Crippen LogP contribution in [-0.4, -0.2) is 48.7 Å². The topological polar surface area (TPSA) is 75.7 Å². The second kappa shape index (κ2) is 9.81. The number of nitrogens with one attached hydrogen (secondary N) is 1. The van der Waals surface area contributed by atoms with Gasteiger partial charge in [-0.25, -0.2) is 0 Å². The van der Waals surface area contributed by atoms with Crippen molar-refractivity contribution in [2.24, 2.45) is 0 Å². The number of amides is 2. The Morgan fingerprint density at radius 1 is 1.08 bits per heavy atom. The Kier molecular flexibility index (Phi) is 7.44. The molecule has 0 atom stereocenters. The van der Waals surface area contributed by atoms with Crippen molar-refractivity contribution in [2.75, 3.05) is 26.2 Å². The first kappa shape index (κ1) is 19.0. The third kappa shape index (κ3) is 6.21. The maximum absolute atomic E-state index is 12.1. The van der Waals surface area contributed by atoms with Crippen LogP contribution in [0.25, 0.3) is 0 Å². The first-order valence-electron chi connectivity index (χ1n) is 8.90. The number of rotatable bonds is 9. The molecule has 0 saturated carbocycles. The van der Waals surface area contributed by atoms with Gasteiger partial charge in [0.2, 0.25) is 11.8 Å². The molecule has 0 aromatic heterocycles. The van der Waals surface area contributed by atoms with Gasteiger partial charge < -0.3 is 15.0 Å². The molecule has 1 aromatic rings. The van der Waals surface area contributed by atoms with Gasteiger partial charge in [-0.05, 0) is 43.5 Å². The van der Waals surface area contributed by atoms with E-state index in [-0.39, 0.29) is 37.0 Å². The lowest BCUT2D eigenvalue weighted by atomic mass is 10.1. The van der Waals surface area contributed by atoms with Crippen LogP contribution in [-0.2, 0) is 9.59 Å². The van der Waals surface area contributed by atoms with Gasteiger partial charge >= 0.3 is 0 Å². The van der Waals surface area contributed by atoms with Crippen molar-refractivity contribution < 1.29 is 19.1 Å². The highest BCUT2D eigenvalue weighted by Gasteiger charge is 2.18. The summed E-state index contributed by atoms with van der Waals surface area (Å²) in [5.41, 5.74) is 0.560. The molecule has 0 bridgehead atoms. The van der Waals surface area contributed by atoms with E-state index in [0.717, 1.165) is 38.1 Å². The van der Waals surface area contributed by atoms with E-state index in [9.17, 15) is 14.4 Å². The largest absolute Gasteiger partial charge is 0.494 e. The second-order valence-corrected chi connectivity index (χ2v) is 6.16. The summed E-state index contributed by atoms with van der Waals surface area (Å²) in [6, 6.07) is 6.94. The lowest BCUT2D eigenvalue weighted by Crippen LogP contribution is -2.38. The molecule has 1 N–H and O–H groups in total. The molecule has 6 nitrogen and oxygen atoms in total. The number of ether oxygens (including phenoxy) is 1. The first-order valence-corrected chi connectivity index (χ1v) is 8.90. The zero-order chi connectivity index (χ0) is 18.1. The Balaban J connectivity index is 1.69. The van der Waals surface area contributed by atoms with Crippen LogP contribution in [0.4, 0.5) is 0 Å². The fourth-order valence-corrected chi connectivity index (χ4v) is 2.67. The molecule has 25 heavy (non-hydrogen) atoms. The van der Waals surface area contributed by atoms with Gasteiger partial charge in [0, 0.05) is 31.5 Å². The molecule has 1 saturated heterocycles. The predicted molar refractivity (Wildman–Crippen MR) is 94.6 cm³/mol. The fourth-order valence-electron chi connectivity index (χ4n) is 2.67. The van der Waals surface area contributed by atoms with E-state index in [1.165, 1.54) is 0 Å². The van der Waals surface area contributed by atoms with Crippen LogP contribution in [0.2, 0.25) is 0 Å². The Bertz CT molecular complexity index is 592. The number of likely N-dealkylation sites (tertiary alicyclic amines) is 1. The third-order valence-corrected chi connectivity index (χ3v) is 4.12. The van der Waals surface area contributed by atoms with Gasteiger partial charge in [-0.2, -0.15) is 0 Å². The van der Waals surface area contributed by atoms with Crippen LogP contribution in [0.1, 0.15) is 49.4 Å². The van der Waals surface area contributed by atoms with Crippen LogP contribution in [0.3, 0.4) is 0 Å². The average molecular weight is 346 g/mol. The van der Waals surface area contributed by atoms with Gasteiger partial charge in [-0.3, -0.25) is 14.4 Å². The van der Waals surface area contributed by atoms with Crippen molar-refractivity contribution in [1.82, 2.24) is 10.2 Å². The van der Waals surface area contributed by atoms with Gasteiger partial charge in [-0.15, -0.1) is 0 Å². The molecule has 2 amide bonds. The molecule has 1 aliphatic rings. The molecule has 0 unspecified atom stereocenters. The molecule has 0 aliphatic carbocycles. The first-order chi connectivity index (χ1) is 12.1. The summed E-state index contributed by atoms with van der Waals surface area (Å²) in [6.45, 7) is 4.22. The van der Waals surface area contributed by atoms with Crippen molar-refractivity contribution in [3.63, 3.8) is 0 Å². The molecule has 0 radical (unpaired) electrons. The smallest absolute Gasteiger partial charge is 0.241 e. The number of Topliss-reactive ketones (excluding diaryl/α,β-unsaturated/α-hetero) is 1. The molecular weight excluding hydrogens is 320 g/mol. The highest BCUT2D eigenvalue weighted by atomic mass is 16.5. The summed E-state index contributed by atoms with van der Waals surface area (Å²) in [7, 11) is 0. The third-order valence-electron chi connectivity index (χ3n) is 4.12. The van der Waals surface area contributed by atoms with Crippen LogP contribution in [0, 0.1) is 0 Å². The Morgan fingerprint density at radius 3 is 2.40 bits per heavy atom. The van der Waals surface area contributed by atoms with Crippen LogP contribution < -0.4 is 10.1 Å². The summed E-state index contributed by atoms with van der Waals surface area (Å²) < 4.78 is 5.47. The number of hydrogen-bond acceptors (Lipinski definition) is 4. The normalized spacial score (nSPS) is 13.6. The number of hydrogen-bond donors (Lipinski definition) is 1. The lowest BCUT2D eigenvalue weighted by Gasteiger charge is -2.15. The zero-order valence-corrected chi connectivity index (χ0v) is 14.8. The predicted octanol–water partition coefficient (Wildman–Crippen LogP) is 2.18. The van der Waals surface area contributed by atoms with Gasteiger partial charge in [0.15, 0.2) is 5.78 Å². The maximum Gasteiger partial charge on any atom is 0.241 e. The monoisotopic (exact) mass is 346 g/mol. The summed E-state index contributed by atoms with van der Waals surface area (Å²) >= 11 is 0. The number of benzene rings is 1. The number of nitrogens with zero attached hydrogens (tertiary/aromatic N) is 1. The van der Waals surface area contributed by atoms with E-state index in [4.69, 9.17) is 4.74 Å². The van der Waals surface area contributed by atoms with Gasteiger partial charge in [0.25, 0.3) is 0 Å². The molecule has 0 spiro atoms. The highest BCUT2D eigenvalue weighted by Crippen LogP contribution is 2.14. The number of carbonyl (C=O) groups is 3. The summed E-state index contributed by atoms with van der Waals surface area (Å²) in [5, 5.41) is 2.60. The van der Waals surface area contributed by atoms with E-state index >= 15 is 0 Å². The molecular formula is C19H26N2O4. The Morgan fingerprint density at radius 2 is 1.76 bits per heavy atom. The minimum absolute atomic E-state index is 0.0104. The molecule has 1 fully saturated rings. The minimum Gasteiger partial charge on any atom is -0.494 e. The summed E-state index contributed by atoms with van der Waals surface area (Å²) in [6.07, 6.45) is 3.18. The number of carbonyl (C=O) groups excluding carboxylic acids is 3. The Hall–Kier alpha value is -2.37. The molecule has 136 valence electrons. The van der Waals surface area contributed by atoms with Gasteiger partial charge in [0.05, 0.1) is 13.2 Å². The number of ketones is 1. The highest BCUT2D eigenvalue weighted by molar-refractivity contribution is 5.98. The molecule has 2 rings (SSSR count). The fraction of sp³-hybridized carbons (Fsp3) is 0.526. The molecule has 1 heterocycles. The van der Waals surface area contributed by atoms with Crippen LogP contribution in [0.15, 0.2) is 24.3 Å². The molecule has 6 heteroatoms. The second-order valence-electron chi connectivity index (χ2n) is 6.16. The van der Waals surface area contributed by atoms with Crippen molar-refractivity contribution in [3.8, 4) is 5.75 Å². The standard InChI is InChI=1S/C19H26N2O4/c1-2-13-25-16-7-5-15(6-8-16)17(22)9-10-18(23)20-14-19(24)21-11-3-4-12-21/h5-8H,2-4,9-14H2,1H3,(H,20,23). The van der Waals surface area contributed by atoms with Gasteiger partial charge in [-0.1, -0.05) is 6.92 Å². The SMILES string of the molecule is CCCOc1ccc(C(=O)CCC(=O)NCC(=O)N2CCCC2)cc1. The van der Waals surface area contributed by atoms with Crippen molar-refractivity contribution in [2.45, 2.75) is 39.0 Å². The minimum atomic E-state index is -0.274. The quantitative estimate of drug-likeness (QED) is 0.696. The summed E-state index contributed by atoms with van der Waals surface area (Å²) in [5.74, 6) is 0.309. The van der Waals surface area contributed by atoms with E-state index in [2.05, 4.69) is 5.32 Å². The summed E-state index contributed by atoms with van der Waals surface area (Å²) in [4.78, 5) is 37.5. The van der Waals surface area contributed by atoms with Crippen molar-refractivity contribution >= 4 is 17.6 Å². The Labute approximate surface area is 148 Å².